The van der Waals surface area contributed by atoms with E-state index in [1.807, 2.05) is 0 Å². The molecule has 1 N–H and O–H groups in total. The maximum atomic E-state index is 10.8. The zero-order valence-corrected chi connectivity index (χ0v) is 9.87. The number of nitrogens with zero attached hydrogens (tertiary/aromatic N) is 3. The first-order chi connectivity index (χ1) is 7.70. The zero-order chi connectivity index (χ0) is 13.6. The van der Waals surface area contributed by atoms with Gasteiger partial charge >= 0.3 is 16.5 Å². The maximum Gasteiger partial charge on any atom is 0.452 e. The van der Waals surface area contributed by atoms with Crippen molar-refractivity contribution in [1.82, 2.24) is 4.31 Å². The standard InChI is InChI=1S/C6H13N3O7S/c1-2-4-7(17(14,15)16)5-3-6(8(10)11)9(12)13/h6H,2-5H2,1H3,(H,14,15,16). The SMILES string of the molecule is CCCN(CCC([N+](=O)[O-])[N+](=O)[O-])S(=O)(=O)O. The van der Waals surface area contributed by atoms with Crippen molar-refractivity contribution in [2.75, 3.05) is 13.1 Å². The summed E-state index contributed by atoms with van der Waals surface area (Å²) in [6.07, 6.45) is -2.29. The molecule has 17 heavy (non-hydrogen) atoms. The molecule has 0 aliphatic heterocycles. The quantitative estimate of drug-likeness (QED) is 0.278. The fourth-order valence-corrected chi connectivity index (χ4v) is 1.89. The van der Waals surface area contributed by atoms with Gasteiger partial charge in [0.15, 0.2) is 0 Å². The molecule has 0 aliphatic carbocycles. The minimum absolute atomic E-state index is 0.0546. The molecule has 100 valence electrons. The van der Waals surface area contributed by atoms with Crippen LogP contribution in [-0.4, -0.2) is 46.4 Å². The topological polar surface area (TPSA) is 144 Å². The molecule has 0 aromatic heterocycles. The van der Waals surface area contributed by atoms with E-state index in [0.717, 1.165) is 0 Å². The Morgan fingerprint density at radius 2 is 1.71 bits per heavy atom. The van der Waals surface area contributed by atoms with E-state index in [0.29, 0.717) is 10.7 Å². The van der Waals surface area contributed by atoms with Crippen LogP contribution in [0.5, 0.6) is 0 Å². The van der Waals surface area contributed by atoms with Crippen molar-refractivity contribution in [3.8, 4) is 0 Å². The van der Waals surface area contributed by atoms with E-state index in [4.69, 9.17) is 4.55 Å². The predicted molar refractivity (Wildman–Crippen MR) is 55.8 cm³/mol. The summed E-state index contributed by atoms with van der Waals surface area (Å²) in [4.78, 5) is 18.4. The molecule has 0 saturated heterocycles. The van der Waals surface area contributed by atoms with E-state index < -0.39 is 39.3 Å². The van der Waals surface area contributed by atoms with Gasteiger partial charge in [0, 0.05) is 13.1 Å². The maximum absolute atomic E-state index is 10.8. The van der Waals surface area contributed by atoms with Crippen LogP contribution in [0.25, 0.3) is 0 Å². The first-order valence-electron chi connectivity index (χ1n) is 4.69. The summed E-state index contributed by atoms with van der Waals surface area (Å²) >= 11 is 0. The van der Waals surface area contributed by atoms with E-state index >= 15 is 0 Å². The molecule has 10 nitrogen and oxygen atoms in total. The number of hydrogen-bond donors (Lipinski definition) is 1. The first kappa shape index (κ1) is 15.7. The molecule has 0 fully saturated rings. The van der Waals surface area contributed by atoms with Crippen molar-refractivity contribution >= 4 is 10.3 Å². The van der Waals surface area contributed by atoms with Gasteiger partial charge in [-0.1, -0.05) is 6.92 Å². The lowest BCUT2D eigenvalue weighted by Crippen LogP contribution is -2.37. The Balaban J connectivity index is 4.59. The van der Waals surface area contributed by atoms with Crippen molar-refractivity contribution in [1.29, 1.82) is 0 Å². The lowest BCUT2D eigenvalue weighted by molar-refractivity contribution is -0.742. The Labute approximate surface area is 97.4 Å². The highest BCUT2D eigenvalue weighted by Gasteiger charge is 2.33. The van der Waals surface area contributed by atoms with E-state index in [2.05, 4.69) is 0 Å². The highest BCUT2D eigenvalue weighted by Crippen LogP contribution is 2.05. The largest absolute Gasteiger partial charge is 0.452 e. The molecule has 0 radical (unpaired) electrons. The molecule has 0 saturated carbocycles. The van der Waals surface area contributed by atoms with Crippen LogP contribution in [0.1, 0.15) is 19.8 Å². The molecule has 0 spiro atoms. The molecule has 0 amide bonds. The molecule has 0 rings (SSSR count). The molecular formula is C6H13N3O7S. The van der Waals surface area contributed by atoms with Gasteiger partial charge in [0.05, 0.1) is 9.85 Å². The van der Waals surface area contributed by atoms with E-state index in [-0.39, 0.29) is 6.54 Å². The van der Waals surface area contributed by atoms with Crippen molar-refractivity contribution < 1.29 is 22.8 Å². The minimum atomic E-state index is -4.49. The molecular weight excluding hydrogens is 258 g/mol. The van der Waals surface area contributed by atoms with Crippen LogP contribution < -0.4 is 0 Å². The fraction of sp³-hybridized carbons (Fsp3) is 1.00. The van der Waals surface area contributed by atoms with Crippen molar-refractivity contribution in [3.05, 3.63) is 20.2 Å². The molecule has 0 heterocycles. The van der Waals surface area contributed by atoms with Gasteiger partial charge in [-0.25, -0.2) is 0 Å². The van der Waals surface area contributed by atoms with Gasteiger partial charge in [0.2, 0.25) is 0 Å². The number of nitro groups is 2. The number of hydrogen-bond acceptors (Lipinski definition) is 6. The number of rotatable bonds is 8. The summed E-state index contributed by atoms with van der Waals surface area (Å²) < 4.78 is 31.0. The minimum Gasteiger partial charge on any atom is -0.273 e. The molecule has 0 aliphatic rings. The summed E-state index contributed by atoms with van der Waals surface area (Å²) in [6.45, 7) is 1.11. The van der Waals surface area contributed by atoms with E-state index in [9.17, 15) is 28.6 Å². The normalized spacial score (nSPS) is 12.0. The van der Waals surface area contributed by atoms with Gasteiger partial charge < -0.3 is 0 Å². The molecule has 0 bridgehead atoms. The van der Waals surface area contributed by atoms with Crippen LogP contribution in [0.2, 0.25) is 0 Å². The Kier molecular flexibility index (Phi) is 5.91. The second-order valence-corrected chi connectivity index (χ2v) is 4.63. The van der Waals surface area contributed by atoms with Crippen LogP contribution in [-0.2, 0) is 10.3 Å². The summed E-state index contributed by atoms with van der Waals surface area (Å²) in [6, 6.07) is 0. The molecule has 0 aromatic rings. The van der Waals surface area contributed by atoms with Crippen molar-refractivity contribution in [3.63, 3.8) is 0 Å². The highest BCUT2D eigenvalue weighted by atomic mass is 32.2. The zero-order valence-electron chi connectivity index (χ0n) is 9.05. The molecule has 0 unspecified atom stereocenters. The Morgan fingerprint density at radius 3 is 2.00 bits per heavy atom. The van der Waals surface area contributed by atoms with Gasteiger partial charge in [0.1, 0.15) is 6.42 Å². The summed E-state index contributed by atoms with van der Waals surface area (Å²) in [5.74, 6) is 0. The van der Waals surface area contributed by atoms with Gasteiger partial charge in [-0.05, 0) is 6.42 Å². The molecule has 11 heteroatoms. The van der Waals surface area contributed by atoms with E-state index in [1.165, 1.54) is 0 Å². The van der Waals surface area contributed by atoms with Crippen LogP contribution in [0, 0.1) is 20.2 Å². The third kappa shape index (κ3) is 5.51. The second-order valence-electron chi connectivity index (χ2n) is 3.22. The summed E-state index contributed by atoms with van der Waals surface area (Å²) in [7, 11) is -4.49. The molecule has 0 atom stereocenters. The average Bonchev–Trinajstić information content (AvgIpc) is 2.13. The third-order valence-electron chi connectivity index (χ3n) is 1.92. The van der Waals surface area contributed by atoms with E-state index in [1.54, 1.807) is 6.92 Å². The Morgan fingerprint density at radius 1 is 1.24 bits per heavy atom. The lowest BCUT2D eigenvalue weighted by atomic mass is 10.3. The van der Waals surface area contributed by atoms with Gasteiger partial charge in [-0.15, -0.1) is 0 Å². The Hall–Kier alpha value is -1.33. The average molecular weight is 271 g/mol. The summed E-state index contributed by atoms with van der Waals surface area (Å²) in [5, 5.41) is 20.6. The van der Waals surface area contributed by atoms with Crippen molar-refractivity contribution in [2.45, 2.75) is 25.9 Å². The van der Waals surface area contributed by atoms with Crippen LogP contribution >= 0.6 is 0 Å². The van der Waals surface area contributed by atoms with Crippen LogP contribution in [0.15, 0.2) is 0 Å². The van der Waals surface area contributed by atoms with Crippen LogP contribution in [0.3, 0.4) is 0 Å². The summed E-state index contributed by atoms with van der Waals surface area (Å²) in [5.41, 5.74) is 0. The monoisotopic (exact) mass is 271 g/mol. The first-order valence-corrected chi connectivity index (χ1v) is 6.09. The third-order valence-corrected chi connectivity index (χ3v) is 2.94. The Bertz CT molecular complexity index is 367. The lowest BCUT2D eigenvalue weighted by Gasteiger charge is -2.16. The van der Waals surface area contributed by atoms with Gasteiger partial charge in [0.25, 0.3) is 0 Å². The molecule has 0 aromatic carbocycles. The van der Waals surface area contributed by atoms with Crippen LogP contribution in [0.4, 0.5) is 0 Å². The highest BCUT2D eigenvalue weighted by molar-refractivity contribution is 7.83. The predicted octanol–water partition coefficient (Wildman–Crippen LogP) is -0.229. The second kappa shape index (κ2) is 6.42. The van der Waals surface area contributed by atoms with Crippen molar-refractivity contribution in [2.24, 2.45) is 0 Å². The smallest absolute Gasteiger partial charge is 0.273 e. The van der Waals surface area contributed by atoms with Gasteiger partial charge in [-0.2, -0.15) is 12.7 Å². The van der Waals surface area contributed by atoms with Gasteiger partial charge in [-0.3, -0.25) is 24.8 Å². The fourth-order valence-electron chi connectivity index (χ4n) is 1.14.